The Labute approximate surface area is 279 Å². The molecule has 1 aliphatic rings. The van der Waals surface area contributed by atoms with Crippen LogP contribution in [0.4, 0.5) is 23.7 Å². The van der Waals surface area contributed by atoms with Crippen LogP contribution in [0.5, 0.6) is 11.5 Å². The number of amides is 1. The van der Waals surface area contributed by atoms with Crippen molar-refractivity contribution in [3.8, 4) is 11.5 Å². The SMILES string of the molecule is COc1cc(C(=O)CC[C@@](O)(c2cc3c(c(Cl)n2)N(C(=O)OC(C)(C)C)C[C@@]3(C)NS(=O)C(C)(C)C)C(F)(F)F)ccc1OCCO. The van der Waals surface area contributed by atoms with E-state index >= 15 is 0 Å². The van der Waals surface area contributed by atoms with E-state index in [0.717, 1.165) is 11.0 Å². The number of ketones is 1. The molecule has 2 heterocycles. The van der Waals surface area contributed by atoms with E-state index in [0.29, 0.717) is 0 Å². The van der Waals surface area contributed by atoms with Crippen molar-refractivity contribution >= 4 is 40.2 Å². The van der Waals surface area contributed by atoms with Crippen LogP contribution in [-0.2, 0) is 26.9 Å². The number of hydrogen-bond acceptors (Lipinski definition) is 9. The Morgan fingerprint density at radius 3 is 2.30 bits per heavy atom. The van der Waals surface area contributed by atoms with Gasteiger partial charge < -0.3 is 24.4 Å². The fraction of sp³-hybridized carbons (Fsp3) is 0.581. The predicted molar refractivity (Wildman–Crippen MR) is 170 cm³/mol. The molecule has 0 spiro atoms. The van der Waals surface area contributed by atoms with Crippen LogP contribution in [0, 0.1) is 0 Å². The first kappa shape index (κ1) is 38.5. The molecule has 1 aromatic carbocycles. The Morgan fingerprint density at radius 2 is 1.77 bits per heavy atom. The number of halogens is 4. The lowest BCUT2D eigenvalue weighted by molar-refractivity contribution is -0.270. The molecule has 0 radical (unpaired) electrons. The molecule has 11 nitrogen and oxygen atoms in total. The van der Waals surface area contributed by atoms with Crippen LogP contribution >= 0.6 is 11.6 Å². The molecular formula is C31H41ClF3N3O8S. The van der Waals surface area contributed by atoms with Gasteiger partial charge in [-0.05, 0) is 79.2 Å². The van der Waals surface area contributed by atoms with Crippen LogP contribution in [0.2, 0.25) is 5.15 Å². The van der Waals surface area contributed by atoms with Crippen molar-refractivity contribution in [2.24, 2.45) is 0 Å². The van der Waals surface area contributed by atoms with E-state index in [1.54, 1.807) is 41.5 Å². The number of aliphatic hydroxyl groups is 2. The molecule has 3 rings (SSSR count). The number of rotatable bonds is 11. The number of fused-ring (bicyclic) bond motifs is 1. The normalized spacial score (nSPS) is 18.7. The summed E-state index contributed by atoms with van der Waals surface area (Å²) < 4.78 is 75.5. The van der Waals surface area contributed by atoms with Gasteiger partial charge >= 0.3 is 12.3 Å². The zero-order valence-electron chi connectivity index (χ0n) is 27.5. The van der Waals surface area contributed by atoms with Gasteiger partial charge in [0.2, 0.25) is 5.60 Å². The van der Waals surface area contributed by atoms with E-state index in [4.69, 9.17) is 30.9 Å². The highest BCUT2D eigenvalue weighted by Gasteiger charge is 2.57. The molecule has 0 saturated carbocycles. The van der Waals surface area contributed by atoms with Crippen molar-refractivity contribution in [1.82, 2.24) is 9.71 Å². The number of ether oxygens (including phenoxy) is 3. The first-order chi connectivity index (χ1) is 21.5. The molecule has 0 saturated heterocycles. The quantitative estimate of drug-likeness (QED) is 0.202. The maximum absolute atomic E-state index is 14.7. The summed E-state index contributed by atoms with van der Waals surface area (Å²) in [6.07, 6.45) is -8.07. The summed E-state index contributed by atoms with van der Waals surface area (Å²) in [6, 6.07) is 4.95. The number of carbonyl (C=O) groups is 2. The minimum atomic E-state index is -5.32. The van der Waals surface area contributed by atoms with Crippen LogP contribution in [0.1, 0.15) is 82.9 Å². The molecule has 3 atom stereocenters. The number of aromatic nitrogens is 1. The molecule has 262 valence electrons. The van der Waals surface area contributed by atoms with Crippen molar-refractivity contribution < 1.29 is 51.4 Å². The van der Waals surface area contributed by atoms with E-state index in [2.05, 4.69) is 9.71 Å². The third kappa shape index (κ3) is 8.55. The van der Waals surface area contributed by atoms with Gasteiger partial charge in [-0.25, -0.2) is 18.7 Å². The van der Waals surface area contributed by atoms with Crippen molar-refractivity contribution in [2.75, 3.05) is 31.8 Å². The molecule has 1 amide bonds. The lowest BCUT2D eigenvalue weighted by Gasteiger charge is -2.32. The van der Waals surface area contributed by atoms with Gasteiger partial charge in [-0.15, -0.1) is 0 Å². The molecular weight excluding hydrogens is 667 g/mol. The second-order valence-electron chi connectivity index (χ2n) is 13.3. The topological polar surface area (TPSA) is 148 Å². The minimum absolute atomic E-state index is 0.00268. The van der Waals surface area contributed by atoms with E-state index in [1.165, 1.54) is 32.2 Å². The number of alkyl halides is 3. The van der Waals surface area contributed by atoms with E-state index in [1.807, 2.05) is 0 Å². The number of Topliss-reactive ketones (excluding diaryl/α,β-unsaturated/α-hetero) is 1. The fourth-order valence-electron chi connectivity index (χ4n) is 4.76. The largest absolute Gasteiger partial charge is 0.493 e. The molecule has 0 aliphatic carbocycles. The number of benzene rings is 1. The number of carbonyl (C=O) groups excluding carboxylic acids is 2. The van der Waals surface area contributed by atoms with Gasteiger partial charge in [-0.2, -0.15) is 13.2 Å². The highest BCUT2D eigenvalue weighted by molar-refractivity contribution is 7.84. The second-order valence-corrected chi connectivity index (χ2v) is 15.6. The van der Waals surface area contributed by atoms with Crippen LogP contribution in [0.3, 0.4) is 0 Å². The van der Waals surface area contributed by atoms with Crippen LogP contribution in [0.15, 0.2) is 24.3 Å². The number of aliphatic hydroxyl groups excluding tert-OH is 1. The standard InChI is InChI=1S/C31H41ClF3N3O8S/c1-27(2,3)46-26(41)38-17-29(7,37-47(43)28(4,5)6)19-16-23(36-25(32)24(19)38)30(42,31(33,34)35)12-11-20(40)18-9-10-21(45-14-13-39)22(15-18)44-8/h9-10,15-16,37,39,42H,11-14,17H2,1-8H3/t29-,30-,47?/m1/s1. The predicted octanol–water partition coefficient (Wildman–Crippen LogP) is 5.55. The molecule has 2 aromatic rings. The Kier molecular flexibility index (Phi) is 11.3. The zero-order valence-corrected chi connectivity index (χ0v) is 29.1. The lowest BCUT2D eigenvalue weighted by atomic mass is 9.87. The first-order valence-electron chi connectivity index (χ1n) is 14.6. The maximum Gasteiger partial charge on any atom is 0.422 e. The molecule has 1 unspecified atom stereocenters. The number of hydrogen-bond donors (Lipinski definition) is 3. The monoisotopic (exact) mass is 707 g/mol. The van der Waals surface area contributed by atoms with Crippen molar-refractivity contribution in [1.29, 1.82) is 0 Å². The smallest absolute Gasteiger partial charge is 0.422 e. The molecule has 16 heteroatoms. The number of nitrogens with one attached hydrogen (secondary N) is 1. The van der Waals surface area contributed by atoms with Crippen molar-refractivity contribution in [2.45, 2.75) is 89.0 Å². The summed E-state index contributed by atoms with van der Waals surface area (Å²) >= 11 is 6.49. The number of anilines is 1. The third-order valence-corrected chi connectivity index (χ3v) is 9.23. The summed E-state index contributed by atoms with van der Waals surface area (Å²) in [5, 5.41) is 19.7. The lowest BCUT2D eigenvalue weighted by Crippen LogP contribution is -2.50. The molecule has 0 fully saturated rings. The number of pyridine rings is 1. The van der Waals surface area contributed by atoms with Gasteiger partial charge in [0.15, 0.2) is 22.4 Å². The highest BCUT2D eigenvalue weighted by atomic mass is 35.5. The van der Waals surface area contributed by atoms with Gasteiger partial charge in [0, 0.05) is 17.5 Å². The Hall–Kier alpha value is -2.98. The highest BCUT2D eigenvalue weighted by Crippen LogP contribution is 2.49. The van der Waals surface area contributed by atoms with E-state index in [-0.39, 0.29) is 48.1 Å². The van der Waals surface area contributed by atoms with Crippen molar-refractivity contribution in [3.63, 3.8) is 0 Å². The summed E-state index contributed by atoms with van der Waals surface area (Å²) in [7, 11) is -0.453. The van der Waals surface area contributed by atoms with E-state index < -0.39 is 74.2 Å². The van der Waals surface area contributed by atoms with E-state index in [9.17, 15) is 32.1 Å². The maximum atomic E-state index is 14.7. The third-order valence-electron chi connectivity index (χ3n) is 7.22. The summed E-state index contributed by atoms with van der Waals surface area (Å²) in [5.41, 5.74) is -6.97. The second kappa shape index (κ2) is 13.9. The number of nitrogens with zero attached hydrogens (tertiary/aromatic N) is 2. The average Bonchev–Trinajstić information content (AvgIpc) is 3.25. The van der Waals surface area contributed by atoms with Gasteiger partial charge in [0.1, 0.15) is 12.2 Å². The first-order valence-corrected chi connectivity index (χ1v) is 16.2. The molecule has 1 aliphatic heterocycles. The molecule has 47 heavy (non-hydrogen) atoms. The summed E-state index contributed by atoms with van der Waals surface area (Å²) in [4.78, 5) is 31.3. The molecule has 1 aromatic heterocycles. The fourth-order valence-corrected chi connectivity index (χ4v) is 5.95. The van der Waals surface area contributed by atoms with Gasteiger partial charge in [-0.1, -0.05) is 11.6 Å². The Morgan fingerprint density at radius 1 is 1.13 bits per heavy atom. The van der Waals surface area contributed by atoms with Crippen LogP contribution in [0.25, 0.3) is 0 Å². The van der Waals surface area contributed by atoms with Crippen LogP contribution < -0.4 is 19.1 Å². The Balaban J connectivity index is 2.08. The Bertz CT molecular complexity index is 1530. The molecule has 3 N–H and O–H groups in total. The minimum Gasteiger partial charge on any atom is -0.493 e. The summed E-state index contributed by atoms with van der Waals surface area (Å²) in [6.45, 7) is 11.0. The summed E-state index contributed by atoms with van der Waals surface area (Å²) in [5.74, 6) is -0.405. The number of methoxy groups -OCH3 is 1. The van der Waals surface area contributed by atoms with Gasteiger partial charge in [0.25, 0.3) is 0 Å². The average molecular weight is 708 g/mol. The van der Waals surface area contributed by atoms with Crippen molar-refractivity contribution in [3.05, 3.63) is 46.2 Å². The van der Waals surface area contributed by atoms with Gasteiger partial charge in [-0.3, -0.25) is 9.69 Å². The van der Waals surface area contributed by atoms with Crippen LogP contribution in [-0.4, -0.2) is 74.7 Å². The van der Waals surface area contributed by atoms with Gasteiger partial charge in [0.05, 0.1) is 52.9 Å². The molecule has 0 bridgehead atoms. The zero-order chi connectivity index (χ0) is 35.8.